The highest BCUT2D eigenvalue weighted by molar-refractivity contribution is 6.32. The summed E-state index contributed by atoms with van der Waals surface area (Å²) in [5, 5.41) is 12.5. The lowest BCUT2D eigenvalue weighted by Crippen LogP contribution is -2.44. The number of ether oxygens (including phenoxy) is 1. The number of carbonyl (C=O) groups excluding carboxylic acids is 1. The van der Waals surface area contributed by atoms with E-state index in [-0.39, 0.29) is 23.7 Å². The first-order valence-corrected chi connectivity index (χ1v) is 11.8. The highest BCUT2D eigenvalue weighted by Crippen LogP contribution is 2.39. The van der Waals surface area contributed by atoms with Gasteiger partial charge in [-0.05, 0) is 68.3 Å². The Labute approximate surface area is 206 Å². The monoisotopic (exact) mass is 491 g/mol. The van der Waals surface area contributed by atoms with E-state index < -0.39 is 0 Å². The maximum absolute atomic E-state index is 13.1. The van der Waals surface area contributed by atoms with Crippen molar-refractivity contribution in [1.82, 2.24) is 25.1 Å². The summed E-state index contributed by atoms with van der Waals surface area (Å²) in [6.45, 7) is 2.48. The first-order chi connectivity index (χ1) is 17.0. The van der Waals surface area contributed by atoms with Crippen LogP contribution in [0.25, 0.3) is 17.2 Å². The standard InChI is InChI=1S/C26H23ClFN5O2/c1-2-35-20-11-12-22(29-15-20)25-32-31-24(33(25)23-6-4-3-5-21(23)27)17-13-19(14-17)30-26(34)16-7-9-18(28)10-8-16/h3-12,15,17,19H,2,13-14H2,1H3,(H,30,34)/t17-,19-. The number of aromatic nitrogens is 4. The highest BCUT2D eigenvalue weighted by Gasteiger charge is 2.36. The van der Waals surface area contributed by atoms with Gasteiger partial charge in [-0.25, -0.2) is 9.37 Å². The predicted molar refractivity (Wildman–Crippen MR) is 130 cm³/mol. The molecule has 0 atom stereocenters. The molecule has 0 spiro atoms. The number of pyridine rings is 1. The van der Waals surface area contributed by atoms with Crippen LogP contribution in [0.5, 0.6) is 5.75 Å². The molecule has 178 valence electrons. The van der Waals surface area contributed by atoms with E-state index in [4.69, 9.17) is 16.3 Å². The number of nitrogens with one attached hydrogen (secondary N) is 1. The number of rotatable bonds is 7. The van der Waals surface area contributed by atoms with Crippen molar-refractivity contribution in [1.29, 1.82) is 0 Å². The lowest BCUT2D eigenvalue weighted by Gasteiger charge is -2.35. The second-order valence-corrected chi connectivity index (χ2v) is 8.73. The van der Waals surface area contributed by atoms with Crippen LogP contribution >= 0.6 is 11.6 Å². The fourth-order valence-corrected chi connectivity index (χ4v) is 4.40. The molecule has 0 radical (unpaired) electrons. The van der Waals surface area contributed by atoms with Gasteiger partial charge in [0.25, 0.3) is 5.91 Å². The van der Waals surface area contributed by atoms with E-state index in [1.165, 1.54) is 24.3 Å². The van der Waals surface area contributed by atoms with Crippen molar-refractivity contribution >= 4 is 17.5 Å². The van der Waals surface area contributed by atoms with Crippen LogP contribution in [-0.2, 0) is 0 Å². The molecular weight excluding hydrogens is 469 g/mol. The molecule has 0 aliphatic heterocycles. The zero-order chi connectivity index (χ0) is 24.4. The van der Waals surface area contributed by atoms with Gasteiger partial charge < -0.3 is 10.1 Å². The number of benzene rings is 2. The topological polar surface area (TPSA) is 81.9 Å². The molecule has 5 rings (SSSR count). The zero-order valence-corrected chi connectivity index (χ0v) is 19.7. The summed E-state index contributed by atoms with van der Waals surface area (Å²) >= 11 is 6.56. The lowest BCUT2D eigenvalue weighted by molar-refractivity contribution is 0.0907. The van der Waals surface area contributed by atoms with Crippen LogP contribution in [0.1, 0.15) is 41.9 Å². The quantitative estimate of drug-likeness (QED) is 0.384. The van der Waals surface area contributed by atoms with Gasteiger partial charge >= 0.3 is 0 Å². The first kappa shape index (κ1) is 23.0. The van der Waals surface area contributed by atoms with E-state index in [0.717, 1.165) is 11.5 Å². The Kier molecular flexibility index (Phi) is 6.46. The van der Waals surface area contributed by atoms with Crippen molar-refractivity contribution in [3.05, 3.63) is 89.1 Å². The summed E-state index contributed by atoms with van der Waals surface area (Å²) in [7, 11) is 0. The maximum atomic E-state index is 13.1. The van der Waals surface area contributed by atoms with E-state index in [0.29, 0.717) is 47.3 Å². The van der Waals surface area contributed by atoms with Crippen molar-refractivity contribution in [2.75, 3.05) is 6.61 Å². The Morgan fingerprint density at radius 3 is 2.57 bits per heavy atom. The van der Waals surface area contributed by atoms with Crippen LogP contribution in [0.3, 0.4) is 0 Å². The molecule has 35 heavy (non-hydrogen) atoms. The van der Waals surface area contributed by atoms with Crippen molar-refractivity contribution in [3.63, 3.8) is 0 Å². The molecule has 0 bridgehead atoms. The Balaban J connectivity index is 1.39. The smallest absolute Gasteiger partial charge is 0.251 e. The van der Waals surface area contributed by atoms with E-state index in [1.54, 1.807) is 6.20 Å². The molecule has 1 aliphatic rings. The van der Waals surface area contributed by atoms with Crippen LogP contribution < -0.4 is 10.1 Å². The molecule has 1 amide bonds. The maximum Gasteiger partial charge on any atom is 0.251 e. The van der Waals surface area contributed by atoms with Gasteiger partial charge in [-0.15, -0.1) is 10.2 Å². The summed E-state index contributed by atoms with van der Waals surface area (Å²) < 4.78 is 20.6. The summed E-state index contributed by atoms with van der Waals surface area (Å²) in [5.74, 6) is 1.50. The SMILES string of the molecule is CCOc1ccc(-c2nnc([C@H]3C[C@H](NC(=O)c4ccc(F)cc4)C3)n2-c2ccccc2Cl)nc1. The summed E-state index contributed by atoms with van der Waals surface area (Å²) in [6.07, 6.45) is 3.06. The Morgan fingerprint density at radius 2 is 1.89 bits per heavy atom. The van der Waals surface area contributed by atoms with Crippen LogP contribution in [0.2, 0.25) is 5.02 Å². The number of carbonyl (C=O) groups is 1. The molecule has 1 N–H and O–H groups in total. The third kappa shape index (κ3) is 4.74. The molecule has 7 nitrogen and oxygen atoms in total. The lowest BCUT2D eigenvalue weighted by atomic mass is 9.79. The Hall–Kier alpha value is -3.78. The second-order valence-electron chi connectivity index (χ2n) is 8.33. The molecule has 4 aromatic rings. The minimum atomic E-state index is -0.373. The van der Waals surface area contributed by atoms with Crippen LogP contribution in [0.4, 0.5) is 4.39 Å². The summed E-state index contributed by atoms with van der Waals surface area (Å²) in [5.41, 5.74) is 1.84. The van der Waals surface area contributed by atoms with Crippen LogP contribution in [0.15, 0.2) is 66.9 Å². The van der Waals surface area contributed by atoms with Crippen molar-refractivity contribution in [2.24, 2.45) is 0 Å². The summed E-state index contributed by atoms with van der Waals surface area (Å²) in [4.78, 5) is 17.0. The van der Waals surface area contributed by atoms with Crippen molar-refractivity contribution in [2.45, 2.75) is 31.7 Å². The van der Waals surface area contributed by atoms with Gasteiger partial charge in [0.2, 0.25) is 0 Å². The second kappa shape index (κ2) is 9.84. The van der Waals surface area contributed by atoms with Crippen molar-refractivity contribution < 1.29 is 13.9 Å². The molecule has 9 heteroatoms. The van der Waals surface area contributed by atoms with Gasteiger partial charge in [0.1, 0.15) is 23.1 Å². The molecule has 2 aromatic heterocycles. The van der Waals surface area contributed by atoms with Gasteiger partial charge in [0.15, 0.2) is 5.82 Å². The number of halogens is 2. The van der Waals surface area contributed by atoms with Gasteiger partial charge in [-0.2, -0.15) is 0 Å². The molecule has 1 fully saturated rings. The van der Waals surface area contributed by atoms with Crippen LogP contribution in [-0.4, -0.2) is 38.3 Å². The fraction of sp³-hybridized carbons (Fsp3) is 0.231. The third-order valence-corrected chi connectivity index (χ3v) is 6.32. The minimum Gasteiger partial charge on any atom is -0.492 e. The minimum absolute atomic E-state index is 0.0130. The molecule has 1 saturated carbocycles. The Bertz CT molecular complexity index is 1330. The molecule has 2 aromatic carbocycles. The molecule has 0 unspecified atom stereocenters. The van der Waals surface area contributed by atoms with Gasteiger partial charge in [0.05, 0.1) is 23.5 Å². The van der Waals surface area contributed by atoms with Crippen LogP contribution in [0, 0.1) is 5.82 Å². The van der Waals surface area contributed by atoms with Gasteiger partial charge in [-0.1, -0.05) is 23.7 Å². The predicted octanol–water partition coefficient (Wildman–Crippen LogP) is 5.20. The largest absolute Gasteiger partial charge is 0.492 e. The molecule has 0 saturated heterocycles. The first-order valence-electron chi connectivity index (χ1n) is 11.4. The number of nitrogens with zero attached hydrogens (tertiary/aromatic N) is 4. The van der Waals surface area contributed by atoms with Gasteiger partial charge in [-0.3, -0.25) is 9.36 Å². The highest BCUT2D eigenvalue weighted by atomic mass is 35.5. The third-order valence-electron chi connectivity index (χ3n) is 6.00. The van der Waals surface area contributed by atoms with E-state index >= 15 is 0 Å². The van der Waals surface area contributed by atoms with E-state index in [9.17, 15) is 9.18 Å². The average Bonchev–Trinajstić information content (AvgIpc) is 3.26. The van der Waals surface area contributed by atoms with E-state index in [1.807, 2.05) is 47.9 Å². The number of para-hydroxylation sites is 1. The molecular formula is C26H23ClFN5O2. The Morgan fingerprint density at radius 1 is 1.11 bits per heavy atom. The molecule has 2 heterocycles. The number of amides is 1. The number of hydrogen-bond donors (Lipinski definition) is 1. The molecule has 1 aliphatic carbocycles. The average molecular weight is 492 g/mol. The fourth-order valence-electron chi connectivity index (χ4n) is 4.18. The summed E-state index contributed by atoms with van der Waals surface area (Å²) in [6, 6.07) is 16.7. The van der Waals surface area contributed by atoms with Gasteiger partial charge in [0, 0.05) is 17.5 Å². The van der Waals surface area contributed by atoms with E-state index in [2.05, 4.69) is 20.5 Å². The normalized spacial score (nSPS) is 17.0. The number of hydrogen-bond acceptors (Lipinski definition) is 5. The van der Waals surface area contributed by atoms with Crippen molar-refractivity contribution in [3.8, 4) is 23.0 Å². The zero-order valence-electron chi connectivity index (χ0n) is 19.0.